The van der Waals surface area contributed by atoms with Gasteiger partial charge in [0.2, 0.25) is 12.2 Å². The van der Waals surface area contributed by atoms with Crippen molar-refractivity contribution in [3.63, 3.8) is 0 Å². The van der Waals surface area contributed by atoms with Gasteiger partial charge in [0.15, 0.2) is 0 Å². The number of nitrogens with zero attached hydrogens (tertiary/aromatic N) is 2. The zero-order valence-corrected chi connectivity index (χ0v) is 10.7. The van der Waals surface area contributed by atoms with E-state index >= 15 is 0 Å². The number of hydrogen-bond acceptors (Lipinski definition) is 8. The third-order valence-corrected chi connectivity index (χ3v) is 4.00. The van der Waals surface area contributed by atoms with Crippen molar-refractivity contribution in [1.29, 1.82) is 0 Å². The van der Waals surface area contributed by atoms with Crippen LogP contribution in [0.15, 0.2) is 9.98 Å². The summed E-state index contributed by atoms with van der Waals surface area (Å²) in [6, 6.07) is -1.83. The number of carbonyl (C=O) groups is 2. The van der Waals surface area contributed by atoms with Crippen LogP contribution in [0.1, 0.15) is 0 Å². The molecule has 0 aromatic rings. The first-order valence-corrected chi connectivity index (χ1v) is 7.00. The molecule has 0 saturated carbocycles. The van der Waals surface area contributed by atoms with Crippen LogP contribution in [0, 0.1) is 0 Å². The third kappa shape index (κ3) is 7.13. The molecule has 0 heterocycles. The number of rotatable bonds is 7. The van der Waals surface area contributed by atoms with E-state index in [1.165, 1.54) is 21.6 Å². The highest BCUT2D eigenvalue weighted by molar-refractivity contribution is 8.76. The summed E-state index contributed by atoms with van der Waals surface area (Å²) in [5, 5.41) is 0. The molecule has 10 heteroatoms. The number of hydrogen-bond donors (Lipinski definition) is 2. The van der Waals surface area contributed by atoms with Gasteiger partial charge in [-0.2, -0.15) is 0 Å². The summed E-state index contributed by atoms with van der Waals surface area (Å²) in [5.74, 6) is -1.12. The predicted octanol–water partition coefficient (Wildman–Crippen LogP) is -1.25. The van der Waals surface area contributed by atoms with Gasteiger partial charge in [0.05, 0.1) is 12.1 Å². The largest absolute Gasteiger partial charge is 0.319 e. The van der Waals surface area contributed by atoms with Gasteiger partial charge in [-0.05, 0) is 0 Å². The van der Waals surface area contributed by atoms with Crippen molar-refractivity contribution in [3.8, 4) is 0 Å². The first kappa shape index (κ1) is 16.7. The zero-order chi connectivity index (χ0) is 14.0. The molecule has 4 N–H and O–H groups in total. The van der Waals surface area contributed by atoms with Crippen molar-refractivity contribution in [1.82, 2.24) is 0 Å². The second-order valence-corrected chi connectivity index (χ2v) is 5.42. The normalized spacial score (nSPS) is 12.8. The maximum Gasteiger partial charge on any atom is 0.274 e. The number of nitrogens with two attached hydrogens (primary N) is 2. The van der Waals surface area contributed by atoms with E-state index in [-0.39, 0.29) is 11.5 Å². The maximum absolute atomic E-state index is 11.0. The first-order chi connectivity index (χ1) is 8.52. The summed E-state index contributed by atoms with van der Waals surface area (Å²) >= 11 is 0. The molecule has 0 saturated heterocycles. The number of amides is 2. The molecule has 2 atom stereocenters. The summed E-state index contributed by atoms with van der Waals surface area (Å²) < 4.78 is 0. The van der Waals surface area contributed by atoms with Crippen LogP contribution in [0.2, 0.25) is 0 Å². The van der Waals surface area contributed by atoms with Gasteiger partial charge in [-0.1, -0.05) is 21.6 Å². The molecule has 0 aromatic heterocycles. The van der Waals surface area contributed by atoms with Crippen LogP contribution in [-0.2, 0) is 19.2 Å². The van der Waals surface area contributed by atoms with Gasteiger partial charge in [0.1, 0.15) is 0 Å². The second-order valence-electron chi connectivity index (χ2n) is 2.86. The van der Waals surface area contributed by atoms with E-state index in [2.05, 4.69) is 9.98 Å². The fourth-order valence-corrected chi connectivity index (χ4v) is 2.87. The van der Waals surface area contributed by atoms with Crippen LogP contribution in [0.3, 0.4) is 0 Å². The lowest BCUT2D eigenvalue weighted by atomic mass is 10.3. The lowest BCUT2D eigenvalue weighted by molar-refractivity contribution is -0.119. The molecule has 0 unspecified atom stereocenters. The molecule has 0 aliphatic heterocycles. The molecular formula is C8H10N4O4S2. The van der Waals surface area contributed by atoms with Crippen molar-refractivity contribution in [3.05, 3.63) is 0 Å². The quantitative estimate of drug-likeness (QED) is 0.256. The van der Waals surface area contributed by atoms with E-state index in [1.54, 1.807) is 0 Å². The Morgan fingerprint density at radius 1 is 0.944 bits per heavy atom. The molecule has 0 rings (SSSR count). The summed E-state index contributed by atoms with van der Waals surface area (Å²) in [5.41, 5.74) is 10.8. The van der Waals surface area contributed by atoms with E-state index < -0.39 is 23.9 Å². The van der Waals surface area contributed by atoms with E-state index in [4.69, 9.17) is 11.5 Å². The lowest BCUT2D eigenvalue weighted by Gasteiger charge is -2.07. The van der Waals surface area contributed by atoms with Crippen LogP contribution < -0.4 is 11.5 Å². The summed E-state index contributed by atoms with van der Waals surface area (Å²) in [6.45, 7) is 0. The molecule has 0 spiro atoms. The van der Waals surface area contributed by atoms with E-state index in [0.29, 0.717) is 0 Å². The van der Waals surface area contributed by atoms with Crippen LogP contribution in [0.5, 0.6) is 0 Å². The van der Waals surface area contributed by atoms with Gasteiger partial charge in [0, 0.05) is 11.5 Å². The van der Waals surface area contributed by atoms with Crippen LogP contribution in [0.4, 0.5) is 0 Å². The Labute approximate surface area is 110 Å². The zero-order valence-electron chi connectivity index (χ0n) is 9.07. The highest BCUT2D eigenvalue weighted by atomic mass is 33.1. The van der Waals surface area contributed by atoms with Gasteiger partial charge in [-0.15, -0.1) is 9.98 Å². The van der Waals surface area contributed by atoms with Crippen LogP contribution >= 0.6 is 21.6 Å². The molecule has 18 heavy (non-hydrogen) atoms. The van der Waals surface area contributed by atoms with E-state index in [0.717, 1.165) is 12.2 Å². The average molecular weight is 290 g/mol. The van der Waals surface area contributed by atoms with Crippen LogP contribution in [-0.4, -0.2) is 47.6 Å². The molecule has 0 aliphatic rings. The Morgan fingerprint density at radius 2 is 1.28 bits per heavy atom. The van der Waals surface area contributed by atoms with Gasteiger partial charge < -0.3 is 11.5 Å². The minimum Gasteiger partial charge on any atom is -0.319 e. The van der Waals surface area contributed by atoms with Crippen molar-refractivity contribution >= 4 is 45.6 Å². The standard InChI is InChI=1S/C8H10N4O4S2/c9-5(7(15)11-3-13)1-17-18-2-6(10)8(16)12-4-14/h5-6H,1-2,9-10H2/t5-,6-/m0/s1. The fourth-order valence-electron chi connectivity index (χ4n) is 0.641. The Hall–Kier alpha value is -1.28. The van der Waals surface area contributed by atoms with Crippen molar-refractivity contribution < 1.29 is 19.2 Å². The van der Waals surface area contributed by atoms with Gasteiger partial charge in [-0.3, -0.25) is 9.59 Å². The Bertz CT molecular complexity index is 366. The second kappa shape index (κ2) is 9.72. The number of aliphatic imine (C=N–C) groups is 2. The minimum atomic E-state index is -0.913. The molecule has 2 amide bonds. The molecule has 98 valence electrons. The number of carbonyl (C=O) groups excluding carboxylic acids is 4. The monoisotopic (exact) mass is 290 g/mol. The van der Waals surface area contributed by atoms with Gasteiger partial charge in [-0.25, -0.2) is 9.59 Å². The van der Waals surface area contributed by atoms with Gasteiger partial charge in [0.25, 0.3) is 11.8 Å². The van der Waals surface area contributed by atoms with Crippen LogP contribution in [0.25, 0.3) is 0 Å². The lowest BCUT2D eigenvalue weighted by Crippen LogP contribution is -2.32. The third-order valence-electron chi connectivity index (χ3n) is 1.52. The summed E-state index contributed by atoms with van der Waals surface area (Å²) in [4.78, 5) is 47.2. The summed E-state index contributed by atoms with van der Waals surface area (Å²) in [6.07, 6.45) is 2.20. The maximum atomic E-state index is 11.0. The SMILES string of the molecule is N[C@@H](CSSC[C@H](N)C(=O)N=C=O)C(=O)N=C=O. The fraction of sp³-hybridized carbons (Fsp3) is 0.500. The minimum absolute atomic E-state index is 0.201. The predicted molar refractivity (Wildman–Crippen MR) is 67.1 cm³/mol. The highest BCUT2D eigenvalue weighted by Gasteiger charge is 2.15. The van der Waals surface area contributed by atoms with Crippen molar-refractivity contribution in [2.45, 2.75) is 12.1 Å². The van der Waals surface area contributed by atoms with Gasteiger partial charge >= 0.3 is 0 Å². The average Bonchev–Trinajstić information content (AvgIpc) is 2.34. The highest BCUT2D eigenvalue weighted by Crippen LogP contribution is 2.22. The summed E-state index contributed by atoms with van der Waals surface area (Å²) in [7, 11) is 2.38. The number of isocyanates is 2. The molecule has 0 aromatic carbocycles. The Kier molecular flexibility index (Phi) is 9.03. The smallest absolute Gasteiger partial charge is 0.274 e. The van der Waals surface area contributed by atoms with E-state index in [1.807, 2.05) is 0 Å². The first-order valence-electron chi connectivity index (χ1n) is 4.52. The van der Waals surface area contributed by atoms with E-state index in [9.17, 15) is 19.2 Å². The molecular weight excluding hydrogens is 280 g/mol. The van der Waals surface area contributed by atoms with Crippen molar-refractivity contribution in [2.24, 2.45) is 21.5 Å². The molecule has 0 aliphatic carbocycles. The Morgan fingerprint density at radius 3 is 1.56 bits per heavy atom. The molecule has 0 bridgehead atoms. The Balaban J connectivity index is 3.86. The molecule has 8 nitrogen and oxygen atoms in total. The molecule has 0 fully saturated rings. The topological polar surface area (TPSA) is 145 Å². The molecule has 0 radical (unpaired) electrons. The van der Waals surface area contributed by atoms with Crippen molar-refractivity contribution in [2.75, 3.05) is 11.5 Å².